The van der Waals surface area contributed by atoms with E-state index >= 15 is 0 Å². The zero-order chi connectivity index (χ0) is 19.1. The van der Waals surface area contributed by atoms with Crippen LogP contribution in [-0.4, -0.2) is 38.1 Å². The number of halogens is 8. The van der Waals surface area contributed by atoms with Crippen molar-refractivity contribution in [3.8, 4) is 0 Å². The minimum absolute atomic E-state index is 0.212. The average molecular weight is 391 g/mol. The Morgan fingerprint density at radius 3 is 1.96 bits per heavy atom. The van der Waals surface area contributed by atoms with Crippen LogP contribution < -0.4 is 5.14 Å². The van der Waals surface area contributed by atoms with E-state index in [0.29, 0.717) is 0 Å². The van der Waals surface area contributed by atoms with E-state index in [1.165, 1.54) is 0 Å². The van der Waals surface area contributed by atoms with E-state index in [1.54, 1.807) is 0 Å². The van der Waals surface area contributed by atoms with E-state index < -0.39 is 57.7 Å². The van der Waals surface area contributed by atoms with E-state index in [0.717, 1.165) is 7.11 Å². The highest BCUT2D eigenvalue weighted by molar-refractivity contribution is 7.89. The van der Waals surface area contributed by atoms with Gasteiger partial charge in [0.05, 0.1) is 13.2 Å². The van der Waals surface area contributed by atoms with Crippen LogP contribution in [-0.2, 0) is 33.4 Å². The Labute approximate surface area is 129 Å². The lowest BCUT2D eigenvalue weighted by molar-refractivity contribution is -0.292. The van der Waals surface area contributed by atoms with E-state index in [9.17, 15) is 43.5 Å². The molecule has 140 valence electrons. The minimum atomic E-state index is -6.44. The first-order valence-corrected chi connectivity index (χ1v) is 7.24. The summed E-state index contributed by atoms with van der Waals surface area (Å²) in [4.78, 5) is 0. The fourth-order valence-corrected chi connectivity index (χ4v) is 2.60. The molecule has 24 heavy (non-hydrogen) atoms. The van der Waals surface area contributed by atoms with Gasteiger partial charge in [0.15, 0.2) is 10.7 Å². The van der Waals surface area contributed by atoms with Gasteiger partial charge in [0.2, 0.25) is 0 Å². The zero-order valence-corrected chi connectivity index (χ0v) is 12.4. The zero-order valence-electron chi connectivity index (χ0n) is 11.5. The topological polar surface area (TPSA) is 87.2 Å². The van der Waals surface area contributed by atoms with Gasteiger partial charge in [0.25, 0.3) is 10.0 Å². The molecular weight excluding hydrogens is 382 g/mol. The maximum atomic E-state index is 13.4. The SMILES string of the molecule is COCCn1nc(C(F)(F)C(F)(F)F)c(C(F)(F)F)c1S(N)(=O)=O. The van der Waals surface area contributed by atoms with Gasteiger partial charge in [-0.15, -0.1) is 0 Å². The number of primary sulfonamides is 1. The van der Waals surface area contributed by atoms with Crippen LogP contribution in [0.4, 0.5) is 35.1 Å². The molecule has 0 aromatic carbocycles. The summed E-state index contributed by atoms with van der Waals surface area (Å²) in [6.45, 7) is -1.39. The second-order valence-corrected chi connectivity index (χ2v) is 5.84. The predicted molar refractivity (Wildman–Crippen MR) is 60.4 cm³/mol. The first kappa shape index (κ1) is 20.6. The van der Waals surface area contributed by atoms with Gasteiger partial charge in [-0.1, -0.05) is 0 Å². The second kappa shape index (κ2) is 6.11. The van der Waals surface area contributed by atoms with Gasteiger partial charge in [-0.05, 0) is 0 Å². The molecule has 6 nitrogen and oxygen atoms in total. The summed E-state index contributed by atoms with van der Waals surface area (Å²) in [5, 5.41) is 5.03. The highest BCUT2D eigenvalue weighted by Gasteiger charge is 2.64. The number of sulfonamides is 1. The van der Waals surface area contributed by atoms with Gasteiger partial charge in [0.1, 0.15) is 5.56 Å². The summed E-state index contributed by atoms with van der Waals surface area (Å²) in [6, 6.07) is 0. The molecule has 0 bridgehead atoms. The van der Waals surface area contributed by atoms with Gasteiger partial charge in [0, 0.05) is 7.11 Å². The van der Waals surface area contributed by atoms with Crippen molar-refractivity contribution in [2.24, 2.45) is 5.14 Å². The maximum Gasteiger partial charge on any atom is 0.459 e. The van der Waals surface area contributed by atoms with Crippen LogP contribution in [0.5, 0.6) is 0 Å². The van der Waals surface area contributed by atoms with Gasteiger partial charge < -0.3 is 4.74 Å². The number of methoxy groups -OCH3 is 1. The Morgan fingerprint density at radius 1 is 1.12 bits per heavy atom. The molecule has 15 heteroatoms. The normalized spacial score (nSPS) is 14.2. The van der Waals surface area contributed by atoms with Gasteiger partial charge in [-0.2, -0.15) is 40.2 Å². The summed E-state index contributed by atoms with van der Waals surface area (Å²) >= 11 is 0. The third-order valence-electron chi connectivity index (χ3n) is 2.62. The van der Waals surface area contributed by atoms with E-state index in [4.69, 9.17) is 0 Å². The average Bonchev–Trinajstić information content (AvgIpc) is 2.74. The lowest BCUT2D eigenvalue weighted by atomic mass is 10.1. The molecule has 0 unspecified atom stereocenters. The number of alkyl halides is 8. The second-order valence-electron chi connectivity index (χ2n) is 4.36. The Kier molecular flexibility index (Phi) is 5.23. The van der Waals surface area contributed by atoms with Crippen LogP contribution in [0.2, 0.25) is 0 Å². The van der Waals surface area contributed by atoms with Crippen molar-refractivity contribution in [3.63, 3.8) is 0 Å². The fraction of sp³-hybridized carbons (Fsp3) is 0.667. The van der Waals surface area contributed by atoms with Gasteiger partial charge in [-0.3, -0.25) is 0 Å². The number of ether oxygens (including phenoxy) is 1. The number of hydrogen-bond acceptors (Lipinski definition) is 4. The molecule has 1 aromatic rings. The van der Waals surface area contributed by atoms with Crippen LogP contribution >= 0.6 is 0 Å². The summed E-state index contributed by atoms with van der Waals surface area (Å²) in [7, 11) is -4.31. The summed E-state index contributed by atoms with van der Waals surface area (Å²) in [5.41, 5.74) is -5.58. The van der Waals surface area contributed by atoms with E-state index in [1.807, 2.05) is 0 Å². The van der Waals surface area contributed by atoms with Crippen molar-refractivity contribution in [2.75, 3.05) is 13.7 Å². The first-order valence-electron chi connectivity index (χ1n) is 5.70. The third-order valence-corrected chi connectivity index (χ3v) is 3.57. The summed E-state index contributed by atoms with van der Waals surface area (Å²) in [6.07, 6.45) is -12.3. The molecule has 0 fully saturated rings. The van der Waals surface area contributed by atoms with Crippen LogP contribution in [0.15, 0.2) is 5.03 Å². The summed E-state index contributed by atoms with van der Waals surface area (Å²) in [5.74, 6) is -6.06. The number of rotatable bonds is 5. The predicted octanol–water partition coefficient (Wildman–Crippen LogP) is 1.85. The smallest absolute Gasteiger partial charge is 0.383 e. The van der Waals surface area contributed by atoms with Gasteiger partial charge >= 0.3 is 18.3 Å². The van der Waals surface area contributed by atoms with Crippen molar-refractivity contribution in [1.82, 2.24) is 9.78 Å². The Bertz CT molecular complexity index is 707. The van der Waals surface area contributed by atoms with Crippen molar-refractivity contribution in [3.05, 3.63) is 11.3 Å². The van der Waals surface area contributed by atoms with Crippen LogP contribution in [0, 0.1) is 0 Å². The third kappa shape index (κ3) is 3.77. The molecule has 0 saturated carbocycles. The maximum absolute atomic E-state index is 13.4. The fourth-order valence-electron chi connectivity index (χ4n) is 1.67. The number of hydrogen-bond donors (Lipinski definition) is 1. The van der Waals surface area contributed by atoms with Crippen LogP contribution in [0.3, 0.4) is 0 Å². The summed E-state index contributed by atoms with van der Waals surface area (Å²) < 4.78 is 130. The molecule has 0 atom stereocenters. The minimum Gasteiger partial charge on any atom is -0.383 e. The number of aromatic nitrogens is 2. The number of nitrogens with two attached hydrogens (primary N) is 1. The van der Waals surface area contributed by atoms with E-state index in [2.05, 4.69) is 15.0 Å². The van der Waals surface area contributed by atoms with Crippen molar-refractivity contribution in [2.45, 2.75) is 29.8 Å². The molecule has 1 heterocycles. The molecule has 2 N–H and O–H groups in total. The van der Waals surface area contributed by atoms with Crippen molar-refractivity contribution in [1.29, 1.82) is 0 Å². The highest BCUT2D eigenvalue weighted by Crippen LogP contribution is 2.49. The van der Waals surface area contributed by atoms with Crippen LogP contribution in [0.25, 0.3) is 0 Å². The quantitative estimate of drug-likeness (QED) is 0.777. The molecular formula is C9H9F8N3O3S. The highest BCUT2D eigenvalue weighted by atomic mass is 32.2. The molecule has 1 rings (SSSR count). The monoisotopic (exact) mass is 391 g/mol. The Balaban J connectivity index is 3.88. The molecule has 0 aliphatic carbocycles. The molecule has 1 aromatic heterocycles. The van der Waals surface area contributed by atoms with Crippen molar-refractivity contribution < 1.29 is 48.3 Å². The molecule has 0 amide bonds. The molecule has 0 aliphatic heterocycles. The van der Waals surface area contributed by atoms with Crippen molar-refractivity contribution >= 4 is 10.0 Å². The van der Waals surface area contributed by atoms with E-state index in [-0.39, 0.29) is 4.68 Å². The lowest BCUT2D eigenvalue weighted by Crippen LogP contribution is -2.36. The standard InChI is InChI=1S/C9H9F8N3O3S/c1-23-3-2-20-6(24(18,21)22)4(8(12,13)14)5(19-20)7(10,11)9(15,16)17/h2-3H2,1H3,(H2,18,21,22). The first-order chi connectivity index (χ1) is 10.5. The molecule has 0 radical (unpaired) electrons. The number of nitrogens with zero attached hydrogens (tertiary/aromatic N) is 2. The van der Waals surface area contributed by atoms with Crippen LogP contribution in [0.1, 0.15) is 11.3 Å². The van der Waals surface area contributed by atoms with Gasteiger partial charge in [-0.25, -0.2) is 18.2 Å². The Hall–Kier alpha value is -1.48. The Morgan fingerprint density at radius 2 is 1.62 bits per heavy atom. The lowest BCUT2D eigenvalue weighted by Gasteiger charge is -2.19. The molecule has 0 saturated heterocycles. The molecule has 0 spiro atoms. The molecule has 0 aliphatic rings. The largest absolute Gasteiger partial charge is 0.459 e.